The summed E-state index contributed by atoms with van der Waals surface area (Å²) in [4.78, 5) is 38.6. The van der Waals surface area contributed by atoms with Gasteiger partial charge >= 0.3 is 116 Å². The number of hydrogen-bond donors (Lipinski definition) is 0. The minimum absolute atomic E-state index is 0.738. The fraction of sp³-hybridized carbons (Fsp3) is 0.333. The van der Waals surface area contributed by atoms with Gasteiger partial charge < -0.3 is 9.47 Å². The molecule has 6 aromatic carbocycles. The van der Waals surface area contributed by atoms with Crippen LogP contribution in [-0.4, -0.2) is 69.9 Å². The number of benzene rings is 6. The molecule has 0 fully saturated rings. The van der Waals surface area contributed by atoms with E-state index in [-0.39, 0.29) is 0 Å². The summed E-state index contributed by atoms with van der Waals surface area (Å²) in [5.74, 6) is 1.76. The maximum absolute atomic E-state index is 6.23. The summed E-state index contributed by atoms with van der Waals surface area (Å²) >= 11 is 11.5. The van der Waals surface area contributed by atoms with Crippen molar-refractivity contribution in [2.45, 2.75) is 148 Å². The van der Waals surface area contributed by atoms with E-state index in [2.05, 4.69) is 247 Å². The molecule has 0 spiro atoms. The molecule has 12 aromatic rings. The van der Waals surface area contributed by atoms with Crippen molar-refractivity contribution in [1.82, 2.24) is 19.9 Å². The molecule has 0 N–H and O–H groups in total. The standard InChI is InChI=1S/C37H38N2OS2.C29H30Br2N2O.C6H2S2.6CH3.2Sn/c1-5-6-7-8-9-10-19-40-30-16-12-15-28(22-30)35-34(27-14-11-13-24(2)20-27)38-33-25(3)17-18-31(36(33)39-35)32-23-29-21-26(4)41-37(29)42-32;1-3-4-5-6-7-8-17-34-23-14-10-13-22(19-23)27-26(21-12-9-11-20(2)18-21)32-28-24(30)15-16-25(31)29(28)33-27;1-3-7-6-2-4-8-5(1)6;;;;;;;;/h11-18,20-23H,5-10,19H2,1-4H3;9-16,18-19H,3-8,17H2,1-2H3;1-2H;6*1H3;;. The third-order valence-corrected chi connectivity index (χ3v) is 41.1. The third kappa shape index (κ3) is 18.1. The Morgan fingerprint density at radius 2 is 0.826 bits per heavy atom. The van der Waals surface area contributed by atoms with Crippen LogP contribution in [0.5, 0.6) is 11.5 Å². The topological polar surface area (TPSA) is 70.0 Å². The van der Waals surface area contributed by atoms with Crippen LogP contribution in [0.15, 0.2) is 155 Å². The molecule has 0 radical (unpaired) electrons. The zero-order valence-corrected chi connectivity index (χ0v) is 67.9. The summed E-state index contributed by atoms with van der Waals surface area (Å²) in [6, 6.07) is 51.6. The molecule has 0 aliphatic rings. The number of aryl methyl sites for hydroxylation is 4. The molecule has 14 heteroatoms. The molecule has 6 heterocycles. The molecule has 92 heavy (non-hydrogen) atoms. The second-order valence-electron chi connectivity index (χ2n) is 26.4. The molecule has 6 nitrogen and oxygen atoms in total. The average molecular weight is 1640 g/mol. The Kier molecular flexibility index (Phi) is 24.8. The van der Waals surface area contributed by atoms with Crippen molar-refractivity contribution >= 4 is 161 Å². The van der Waals surface area contributed by atoms with Gasteiger partial charge in [0.05, 0.1) is 51.0 Å². The molecule has 0 bridgehead atoms. The van der Waals surface area contributed by atoms with Crippen LogP contribution in [0.3, 0.4) is 0 Å². The predicted molar refractivity (Wildman–Crippen MR) is 417 cm³/mol. The van der Waals surface area contributed by atoms with Gasteiger partial charge in [0.15, 0.2) is 0 Å². The number of nitrogens with zero attached hydrogens (tertiary/aromatic N) is 4. The van der Waals surface area contributed by atoms with Crippen LogP contribution in [0.4, 0.5) is 0 Å². The van der Waals surface area contributed by atoms with Crippen LogP contribution >= 0.6 is 77.2 Å². The molecule has 12 rings (SSSR count). The van der Waals surface area contributed by atoms with Crippen LogP contribution < -0.4 is 15.3 Å². The van der Waals surface area contributed by atoms with Crippen LogP contribution in [0, 0.1) is 27.7 Å². The third-order valence-electron chi connectivity index (χ3n) is 16.4. The van der Waals surface area contributed by atoms with E-state index in [1.165, 1.54) is 94.5 Å². The maximum atomic E-state index is 6.23. The number of fused-ring (bicyclic) bond motifs is 4. The number of hydrogen-bond acceptors (Lipinski definition) is 10. The molecule has 0 saturated carbocycles. The van der Waals surface area contributed by atoms with E-state index in [1.807, 2.05) is 46.9 Å². The second kappa shape index (κ2) is 32.5. The number of ether oxygens (including phenoxy) is 2. The van der Waals surface area contributed by atoms with E-state index in [4.69, 9.17) is 29.4 Å². The van der Waals surface area contributed by atoms with E-state index in [9.17, 15) is 0 Å². The second-order valence-corrected chi connectivity index (χ2v) is 63.7. The van der Waals surface area contributed by atoms with Crippen molar-refractivity contribution in [2.75, 3.05) is 13.2 Å². The molecule has 0 amide bonds. The first-order valence-corrected chi connectivity index (χ1v) is 57.7. The fourth-order valence-corrected chi connectivity index (χ4v) is 28.0. The summed E-state index contributed by atoms with van der Waals surface area (Å²) in [5, 5.41) is 1.31. The van der Waals surface area contributed by atoms with Gasteiger partial charge in [-0.2, -0.15) is 0 Å². The summed E-state index contributed by atoms with van der Waals surface area (Å²) in [6.45, 7) is 14.5. The van der Waals surface area contributed by atoms with Crippen LogP contribution in [0.1, 0.15) is 112 Å². The van der Waals surface area contributed by atoms with Gasteiger partial charge in [0.2, 0.25) is 0 Å². The van der Waals surface area contributed by atoms with Gasteiger partial charge in [0, 0.05) is 51.9 Å². The molecular formula is C78H88Br2N4O2S4Sn2. The number of rotatable bonds is 23. The van der Waals surface area contributed by atoms with Gasteiger partial charge in [0.25, 0.3) is 0 Å². The van der Waals surface area contributed by atoms with Crippen molar-refractivity contribution in [3.63, 3.8) is 0 Å². The number of halogens is 2. The van der Waals surface area contributed by atoms with Crippen molar-refractivity contribution in [3.05, 3.63) is 176 Å². The number of unbranched alkanes of at least 4 members (excludes halogenated alkanes) is 10. The Bertz CT molecular complexity index is 4370. The molecule has 0 atom stereocenters. The molecule has 0 aliphatic heterocycles. The van der Waals surface area contributed by atoms with Gasteiger partial charge in [-0.05, 0) is 139 Å². The first kappa shape index (κ1) is 70.3. The van der Waals surface area contributed by atoms with Crippen molar-refractivity contribution in [2.24, 2.45) is 0 Å². The molecule has 0 aliphatic carbocycles. The van der Waals surface area contributed by atoms with Gasteiger partial charge in [-0.1, -0.05) is 162 Å². The van der Waals surface area contributed by atoms with Crippen LogP contribution in [0.2, 0.25) is 29.6 Å². The average Bonchev–Trinajstić information content (AvgIpc) is 1.05. The molecule has 478 valence electrons. The van der Waals surface area contributed by atoms with Gasteiger partial charge in [-0.25, -0.2) is 19.9 Å². The summed E-state index contributed by atoms with van der Waals surface area (Å²) in [7, 11) is 0. The fourth-order valence-electron chi connectivity index (χ4n) is 11.2. The van der Waals surface area contributed by atoms with Crippen LogP contribution in [-0.2, 0) is 0 Å². The Morgan fingerprint density at radius 3 is 1.27 bits per heavy atom. The normalized spacial score (nSPS) is 11.8. The molecule has 0 unspecified atom stereocenters. The molecular weight excluding hydrogens is 1550 g/mol. The van der Waals surface area contributed by atoms with Crippen LogP contribution in [0.25, 0.3) is 96.3 Å². The quantitative estimate of drug-likeness (QED) is 0.0469. The molecule has 6 aromatic heterocycles. The Morgan fingerprint density at radius 1 is 0.402 bits per heavy atom. The van der Waals surface area contributed by atoms with E-state index in [0.29, 0.717) is 0 Å². The monoisotopic (exact) mass is 1640 g/mol. The van der Waals surface area contributed by atoms with E-state index >= 15 is 0 Å². The van der Waals surface area contributed by atoms with Gasteiger partial charge in [-0.15, -0.1) is 22.7 Å². The first-order chi connectivity index (χ1) is 44.2. The summed E-state index contributed by atoms with van der Waals surface area (Å²) < 4.78 is 22.1. The van der Waals surface area contributed by atoms with E-state index < -0.39 is 36.8 Å². The Hall–Kier alpha value is -4.52. The Labute approximate surface area is 588 Å². The predicted octanol–water partition coefficient (Wildman–Crippen LogP) is 25.2. The minimum atomic E-state index is -1.82. The Balaban J connectivity index is 0.000000165. The van der Waals surface area contributed by atoms with Gasteiger partial charge in [-0.3, -0.25) is 0 Å². The summed E-state index contributed by atoms with van der Waals surface area (Å²) in [5.41, 5.74) is 15.9. The van der Waals surface area contributed by atoms with Crippen molar-refractivity contribution in [1.29, 1.82) is 0 Å². The first-order valence-electron chi connectivity index (χ1n) is 32.9. The van der Waals surface area contributed by atoms with Crippen molar-refractivity contribution < 1.29 is 9.47 Å². The van der Waals surface area contributed by atoms with E-state index in [0.717, 1.165) is 125 Å². The summed E-state index contributed by atoms with van der Waals surface area (Å²) in [6.07, 6.45) is 15.0. The SMILES string of the molecule is CCCCCCCCOc1cccc(-c2nc3c(-c4cc5cc(C)sc5s4)ccc(C)c3nc2-c2cccc(C)c2)c1.CCCCCCCCOc1cccc(-c2nc3c(Br)ccc(Br)c3nc2-c2cccc(C)c2)c1.[CH3][Sn]([CH3])([CH3])[c]1cc2s[c]([Sn]([CH3])([CH3])[CH3])cc2s1. The number of aromatic nitrogens is 4. The zero-order valence-electron chi connectivity index (χ0n) is 55.8. The van der Waals surface area contributed by atoms with E-state index in [1.54, 1.807) is 15.2 Å². The van der Waals surface area contributed by atoms with Crippen molar-refractivity contribution in [3.8, 4) is 67.0 Å². The zero-order chi connectivity index (χ0) is 65.1. The molecule has 0 saturated heterocycles. The number of thiophene rings is 4. The van der Waals surface area contributed by atoms with Gasteiger partial charge in [0.1, 0.15) is 22.5 Å².